The molecule has 126 valence electrons. The van der Waals surface area contributed by atoms with E-state index in [9.17, 15) is 19.5 Å². The number of carbonyl (C=O) groups excluding carboxylic acids is 3. The molecular weight excluding hydrogens is 347 g/mol. The van der Waals surface area contributed by atoms with Crippen molar-refractivity contribution in [3.05, 3.63) is 28.2 Å². The van der Waals surface area contributed by atoms with Crippen LogP contribution in [-0.2, 0) is 14.4 Å². The molecule has 0 aromatic heterocycles. The zero-order valence-electron chi connectivity index (χ0n) is 12.2. The summed E-state index contributed by atoms with van der Waals surface area (Å²) in [5.74, 6) is -2.37. The highest BCUT2D eigenvalue weighted by atomic mass is 35.5. The largest absolute Gasteiger partial charge is 0.550 e. The van der Waals surface area contributed by atoms with Gasteiger partial charge in [0.1, 0.15) is 5.75 Å². The molecule has 7 nitrogen and oxygen atoms in total. The lowest BCUT2D eigenvalue weighted by Crippen LogP contribution is -2.48. The molecule has 1 rings (SSSR count). The number of halogens is 2. The number of carboxylic acid groups (broad SMARTS) is 1. The van der Waals surface area contributed by atoms with Crippen molar-refractivity contribution in [1.82, 2.24) is 10.9 Å². The van der Waals surface area contributed by atoms with E-state index in [1.165, 1.54) is 12.1 Å². The summed E-state index contributed by atoms with van der Waals surface area (Å²) in [6.07, 6.45) is -1.34. The van der Waals surface area contributed by atoms with Crippen molar-refractivity contribution in [2.75, 3.05) is 0 Å². The number of rotatable bonds is 7. The van der Waals surface area contributed by atoms with Crippen LogP contribution in [0.4, 0.5) is 0 Å². The topological polar surface area (TPSA) is 108 Å². The average molecular weight is 362 g/mol. The van der Waals surface area contributed by atoms with E-state index >= 15 is 0 Å². The van der Waals surface area contributed by atoms with Crippen molar-refractivity contribution in [1.29, 1.82) is 0 Å². The minimum atomic E-state index is -1.35. The monoisotopic (exact) mass is 361 g/mol. The summed E-state index contributed by atoms with van der Waals surface area (Å²) in [5.41, 5.74) is 4.25. The van der Waals surface area contributed by atoms with E-state index in [0.717, 1.165) is 0 Å². The molecule has 2 amide bonds. The Hall–Kier alpha value is -1.99. The normalized spacial score (nSPS) is 11.4. The van der Waals surface area contributed by atoms with Crippen molar-refractivity contribution < 1.29 is 24.2 Å². The third kappa shape index (κ3) is 6.75. The smallest absolute Gasteiger partial charge is 0.279 e. The maximum Gasteiger partial charge on any atom is 0.279 e. The van der Waals surface area contributed by atoms with Crippen LogP contribution in [-0.4, -0.2) is 23.9 Å². The van der Waals surface area contributed by atoms with Crippen LogP contribution < -0.4 is 20.7 Å². The Bertz CT molecular complexity index is 595. The van der Waals surface area contributed by atoms with Crippen LogP contribution in [0.5, 0.6) is 5.75 Å². The minimum absolute atomic E-state index is 0.240. The standard InChI is InChI=1S/C14H16Cl2N2O5/c1-2-10(23-11-7-8(15)3-4-9(11)16)14(22)18-17-12(19)5-6-13(20)21/h3-4,7,10H,2,5-6H2,1H3,(H,17,19)(H,18,22)(H,20,21)/p-1/t10-/m0/s1. The summed E-state index contributed by atoms with van der Waals surface area (Å²) in [7, 11) is 0. The molecule has 0 bridgehead atoms. The van der Waals surface area contributed by atoms with Gasteiger partial charge >= 0.3 is 0 Å². The number of benzene rings is 1. The Labute approximate surface area is 142 Å². The lowest BCUT2D eigenvalue weighted by Gasteiger charge is -2.18. The number of hydrogen-bond donors (Lipinski definition) is 2. The van der Waals surface area contributed by atoms with E-state index in [0.29, 0.717) is 16.5 Å². The second-order valence-electron chi connectivity index (χ2n) is 4.50. The van der Waals surface area contributed by atoms with E-state index in [4.69, 9.17) is 27.9 Å². The molecule has 0 aliphatic carbocycles. The van der Waals surface area contributed by atoms with Crippen molar-refractivity contribution in [3.63, 3.8) is 0 Å². The first kappa shape index (κ1) is 19.1. The van der Waals surface area contributed by atoms with Gasteiger partial charge in [-0.3, -0.25) is 20.4 Å². The van der Waals surface area contributed by atoms with E-state index < -0.39 is 30.3 Å². The molecule has 1 aromatic rings. The van der Waals surface area contributed by atoms with E-state index in [2.05, 4.69) is 10.9 Å². The SMILES string of the molecule is CC[C@H](Oc1cc(Cl)ccc1Cl)C(=O)NNC(=O)CCC(=O)[O-]. The summed E-state index contributed by atoms with van der Waals surface area (Å²) < 4.78 is 5.48. The summed E-state index contributed by atoms with van der Waals surface area (Å²) >= 11 is 11.8. The Morgan fingerprint density at radius 2 is 1.91 bits per heavy atom. The molecule has 0 aliphatic heterocycles. The second kappa shape index (κ2) is 9.22. The second-order valence-corrected chi connectivity index (χ2v) is 5.34. The average Bonchev–Trinajstić information content (AvgIpc) is 2.51. The van der Waals surface area contributed by atoms with E-state index in [1.807, 2.05) is 0 Å². The molecule has 23 heavy (non-hydrogen) atoms. The number of hydrazine groups is 1. The first-order valence-electron chi connectivity index (χ1n) is 6.73. The fourth-order valence-electron chi connectivity index (χ4n) is 1.53. The molecule has 9 heteroatoms. The Morgan fingerprint density at radius 1 is 1.22 bits per heavy atom. The number of aliphatic carboxylic acids is 1. The number of nitrogens with one attached hydrogen (secondary N) is 2. The summed E-state index contributed by atoms with van der Waals surface area (Å²) in [6.45, 7) is 1.71. The van der Waals surface area contributed by atoms with Crippen LogP contribution in [0, 0.1) is 0 Å². The van der Waals surface area contributed by atoms with Crippen LogP contribution in [0.25, 0.3) is 0 Å². The van der Waals surface area contributed by atoms with E-state index in [1.54, 1.807) is 13.0 Å². The van der Waals surface area contributed by atoms with Gasteiger partial charge in [-0.25, -0.2) is 0 Å². The van der Waals surface area contributed by atoms with Crippen molar-refractivity contribution in [3.8, 4) is 5.75 Å². The van der Waals surface area contributed by atoms with Gasteiger partial charge < -0.3 is 14.6 Å². The van der Waals surface area contributed by atoms with Gasteiger partial charge in [0.15, 0.2) is 6.10 Å². The lowest BCUT2D eigenvalue weighted by molar-refractivity contribution is -0.305. The molecule has 2 N–H and O–H groups in total. The van der Waals surface area contributed by atoms with Gasteiger partial charge in [-0.2, -0.15) is 0 Å². The highest BCUT2D eigenvalue weighted by Gasteiger charge is 2.20. The molecular formula is C14H15Cl2N2O5-. The lowest BCUT2D eigenvalue weighted by atomic mass is 10.2. The summed E-state index contributed by atoms with van der Waals surface area (Å²) in [5, 5.41) is 10.9. The van der Waals surface area contributed by atoms with E-state index in [-0.39, 0.29) is 12.2 Å². The van der Waals surface area contributed by atoms with Gasteiger partial charge in [0.25, 0.3) is 5.91 Å². The van der Waals surface area contributed by atoms with Gasteiger partial charge in [-0.05, 0) is 25.0 Å². The maximum atomic E-state index is 12.0. The van der Waals surface area contributed by atoms with Gasteiger partial charge in [0.05, 0.1) is 5.02 Å². The first-order valence-corrected chi connectivity index (χ1v) is 7.49. The number of ether oxygens (including phenoxy) is 1. The van der Waals surface area contributed by atoms with Crippen LogP contribution in [0.15, 0.2) is 18.2 Å². The Kier molecular flexibility index (Phi) is 7.64. The first-order chi connectivity index (χ1) is 10.8. The fourth-order valence-corrected chi connectivity index (χ4v) is 1.86. The molecule has 0 saturated heterocycles. The molecule has 0 unspecified atom stereocenters. The molecule has 0 spiro atoms. The molecule has 0 saturated carbocycles. The number of carbonyl (C=O) groups is 3. The number of amides is 2. The third-order valence-corrected chi connectivity index (χ3v) is 3.25. The van der Waals surface area contributed by atoms with Gasteiger partial charge in [0, 0.05) is 23.5 Å². The molecule has 1 aromatic carbocycles. The predicted molar refractivity (Wildman–Crippen MR) is 81.7 cm³/mol. The quantitative estimate of drug-likeness (QED) is 0.699. The van der Waals surface area contributed by atoms with Crippen molar-refractivity contribution in [2.45, 2.75) is 32.3 Å². The fraction of sp³-hybridized carbons (Fsp3) is 0.357. The highest BCUT2D eigenvalue weighted by molar-refractivity contribution is 6.34. The van der Waals surface area contributed by atoms with Crippen LogP contribution >= 0.6 is 23.2 Å². The molecule has 0 fully saturated rings. The van der Waals surface area contributed by atoms with Crippen LogP contribution in [0.3, 0.4) is 0 Å². The molecule has 0 aliphatic rings. The third-order valence-electron chi connectivity index (χ3n) is 2.71. The minimum Gasteiger partial charge on any atom is -0.550 e. The van der Waals surface area contributed by atoms with Gasteiger partial charge in [-0.15, -0.1) is 0 Å². The molecule has 0 heterocycles. The summed E-state index contributed by atoms with van der Waals surface area (Å²) in [4.78, 5) is 33.5. The summed E-state index contributed by atoms with van der Waals surface area (Å²) in [6, 6.07) is 4.58. The van der Waals surface area contributed by atoms with Crippen LogP contribution in [0.1, 0.15) is 26.2 Å². The molecule has 0 radical (unpaired) electrons. The molecule has 1 atom stereocenters. The Balaban J connectivity index is 2.56. The maximum absolute atomic E-state index is 12.0. The number of carboxylic acids is 1. The van der Waals surface area contributed by atoms with Gasteiger partial charge in [-0.1, -0.05) is 30.1 Å². The zero-order valence-corrected chi connectivity index (χ0v) is 13.7. The van der Waals surface area contributed by atoms with Crippen LogP contribution in [0.2, 0.25) is 10.0 Å². The highest BCUT2D eigenvalue weighted by Crippen LogP contribution is 2.28. The van der Waals surface area contributed by atoms with Crippen molar-refractivity contribution in [2.24, 2.45) is 0 Å². The Morgan fingerprint density at radius 3 is 2.52 bits per heavy atom. The predicted octanol–water partition coefficient (Wildman–Crippen LogP) is 0.828. The number of hydrogen-bond acceptors (Lipinski definition) is 5. The zero-order chi connectivity index (χ0) is 17.4. The van der Waals surface area contributed by atoms with Crippen molar-refractivity contribution >= 4 is 41.0 Å². The van der Waals surface area contributed by atoms with Gasteiger partial charge in [0.2, 0.25) is 5.91 Å².